The highest BCUT2D eigenvalue weighted by molar-refractivity contribution is 7.17. The van der Waals surface area contributed by atoms with Crippen molar-refractivity contribution in [2.75, 3.05) is 38.7 Å². The van der Waals surface area contributed by atoms with Gasteiger partial charge in [0.1, 0.15) is 5.82 Å². The van der Waals surface area contributed by atoms with E-state index in [1.54, 1.807) is 17.4 Å². The average molecular weight is 672 g/mol. The van der Waals surface area contributed by atoms with Gasteiger partial charge in [-0.05, 0) is 62.3 Å². The van der Waals surface area contributed by atoms with Crippen molar-refractivity contribution >= 4 is 56.5 Å². The maximum Gasteiger partial charge on any atom is 0.306 e. The van der Waals surface area contributed by atoms with Gasteiger partial charge in [-0.15, -0.1) is 11.3 Å². The van der Waals surface area contributed by atoms with Crippen LogP contribution in [-0.4, -0.2) is 90.3 Å². The van der Waals surface area contributed by atoms with Gasteiger partial charge in [-0.3, -0.25) is 19.3 Å². The number of nitrogens with one attached hydrogen (secondary N) is 1. The van der Waals surface area contributed by atoms with Crippen LogP contribution in [0.2, 0.25) is 5.02 Å². The Labute approximate surface area is 276 Å². The number of likely N-dealkylation sites (tertiary alicyclic amines) is 2. The number of hydrogen-bond acceptors (Lipinski definition) is 7. The summed E-state index contributed by atoms with van der Waals surface area (Å²) in [6, 6.07) is 10.1. The first-order valence-corrected chi connectivity index (χ1v) is 17.1. The molecule has 9 nitrogen and oxygen atoms in total. The summed E-state index contributed by atoms with van der Waals surface area (Å²) in [5, 5.41) is 14.8. The molecule has 1 saturated carbocycles. The van der Waals surface area contributed by atoms with E-state index in [0.29, 0.717) is 44.4 Å². The van der Waals surface area contributed by atoms with Crippen LogP contribution in [0.5, 0.6) is 0 Å². The third-order valence-corrected chi connectivity index (χ3v) is 11.0. The van der Waals surface area contributed by atoms with E-state index >= 15 is 4.39 Å². The molecule has 2 N–H and O–H groups in total. The van der Waals surface area contributed by atoms with Crippen molar-refractivity contribution < 1.29 is 33.4 Å². The third kappa shape index (κ3) is 7.23. The summed E-state index contributed by atoms with van der Waals surface area (Å²) in [4.78, 5) is 42.3. The smallest absolute Gasteiger partial charge is 0.306 e. The standard InChI is InChI=1S/C34H39ClFN3O6S/c1-44-25-10-11-38(17-25)22-14-23(18-45-24-8-6-20(7-9-24)34(42)43)39(16-22)32(40)13-21-12-28(35)30(15-29(21)36)37-33(41)27-19-46-31-5-3-2-4-26(27)31/h2-5,12,15,19-20,22-25H,6-11,13-14,16-18H2,1H3,(H,37,41)(H,42,43)/t20?,22-,23-,24?,25+/m0/s1. The maximum absolute atomic E-state index is 15.4. The van der Waals surface area contributed by atoms with Crippen molar-refractivity contribution in [1.82, 2.24) is 9.80 Å². The molecule has 46 heavy (non-hydrogen) atoms. The van der Waals surface area contributed by atoms with Gasteiger partial charge in [0.25, 0.3) is 5.91 Å². The number of carbonyl (C=O) groups excluding carboxylic acids is 2. The Balaban J connectivity index is 1.12. The third-order valence-electron chi connectivity index (χ3n) is 9.74. The number of halogens is 2. The largest absolute Gasteiger partial charge is 0.481 e. The van der Waals surface area contributed by atoms with Gasteiger partial charge in [-0.1, -0.05) is 29.8 Å². The average Bonchev–Trinajstić information content (AvgIpc) is 3.81. The number of fused-ring (bicyclic) bond motifs is 1. The van der Waals surface area contributed by atoms with Crippen LogP contribution in [0, 0.1) is 11.7 Å². The first-order chi connectivity index (χ1) is 22.2. The normalized spacial score (nSPS) is 25.3. The van der Waals surface area contributed by atoms with Gasteiger partial charge in [0.2, 0.25) is 5.91 Å². The first kappa shape index (κ1) is 32.8. The van der Waals surface area contributed by atoms with Gasteiger partial charge in [0.15, 0.2) is 0 Å². The Morgan fingerprint density at radius 3 is 2.61 bits per heavy atom. The Kier molecular flexibility index (Phi) is 10.2. The molecule has 2 aromatic carbocycles. The molecule has 0 bridgehead atoms. The maximum atomic E-state index is 15.4. The number of hydrogen-bond donors (Lipinski definition) is 2. The van der Waals surface area contributed by atoms with Gasteiger partial charge >= 0.3 is 5.97 Å². The van der Waals surface area contributed by atoms with Crippen molar-refractivity contribution in [2.45, 2.75) is 69.2 Å². The van der Waals surface area contributed by atoms with Crippen LogP contribution in [0.1, 0.15) is 54.4 Å². The van der Waals surface area contributed by atoms with Crippen molar-refractivity contribution in [3.05, 3.63) is 63.7 Å². The fraction of sp³-hybridized carbons (Fsp3) is 0.500. The highest BCUT2D eigenvalue weighted by Crippen LogP contribution is 2.32. The second-order valence-corrected chi connectivity index (χ2v) is 13.9. The van der Waals surface area contributed by atoms with Gasteiger partial charge in [0, 0.05) is 48.3 Å². The van der Waals surface area contributed by atoms with Crippen LogP contribution >= 0.6 is 22.9 Å². The van der Waals surface area contributed by atoms with Gasteiger partial charge in [-0.25, -0.2) is 4.39 Å². The summed E-state index contributed by atoms with van der Waals surface area (Å²) >= 11 is 7.97. The van der Waals surface area contributed by atoms with E-state index in [0.717, 1.165) is 36.0 Å². The molecule has 3 aromatic rings. The Bertz CT molecular complexity index is 1590. The number of ether oxygens (including phenoxy) is 2. The van der Waals surface area contributed by atoms with E-state index in [9.17, 15) is 19.5 Å². The number of rotatable bonds is 10. The van der Waals surface area contributed by atoms with E-state index in [1.807, 2.05) is 24.3 Å². The molecular formula is C34H39ClFN3O6S. The molecule has 1 aliphatic carbocycles. The topological polar surface area (TPSA) is 108 Å². The molecule has 2 saturated heterocycles. The summed E-state index contributed by atoms with van der Waals surface area (Å²) < 4.78 is 28.2. The second kappa shape index (κ2) is 14.4. The quantitative estimate of drug-likeness (QED) is 0.279. The number of anilines is 1. The molecule has 1 aromatic heterocycles. The lowest BCUT2D eigenvalue weighted by atomic mass is 9.87. The molecule has 3 fully saturated rings. The molecule has 246 valence electrons. The first-order valence-electron chi connectivity index (χ1n) is 15.9. The minimum Gasteiger partial charge on any atom is -0.481 e. The van der Waals surface area contributed by atoms with E-state index in [4.69, 9.17) is 21.1 Å². The molecule has 0 spiro atoms. The minimum atomic E-state index is -0.757. The lowest BCUT2D eigenvalue weighted by molar-refractivity contribution is -0.144. The van der Waals surface area contributed by atoms with E-state index in [2.05, 4.69) is 10.2 Å². The van der Waals surface area contributed by atoms with Crippen LogP contribution in [0.25, 0.3) is 10.1 Å². The highest BCUT2D eigenvalue weighted by Gasteiger charge is 2.41. The number of methoxy groups -OCH3 is 1. The predicted molar refractivity (Wildman–Crippen MR) is 175 cm³/mol. The number of thiophene rings is 1. The van der Waals surface area contributed by atoms with Gasteiger partial charge in [-0.2, -0.15) is 0 Å². The Morgan fingerprint density at radius 2 is 1.87 bits per heavy atom. The van der Waals surface area contributed by atoms with Crippen LogP contribution in [-0.2, 0) is 25.5 Å². The van der Waals surface area contributed by atoms with Crippen LogP contribution in [0.15, 0.2) is 41.8 Å². The summed E-state index contributed by atoms with van der Waals surface area (Å²) in [5.41, 5.74) is 0.783. The monoisotopic (exact) mass is 671 g/mol. The molecule has 12 heteroatoms. The van der Waals surface area contributed by atoms with Crippen molar-refractivity contribution in [3.8, 4) is 0 Å². The number of carboxylic acid groups (broad SMARTS) is 1. The molecular weight excluding hydrogens is 633 g/mol. The molecule has 3 heterocycles. The number of carbonyl (C=O) groups is 3. The van der Waals surface area contributed by atoms with Crippen LogP contribution in [0.4, 0.5) is 10.1 Å². The Hall–Kier alpha value is -3.09. The number of carboxylic acids is 1. The number of amides is 2. The molecule has 3 atom stereocenters. The fourth-order valence-electron chi connectivity index (χ4n) is 7.05. The SMILES string of the molecule is CO[C@@H]1CCN([C@H]2C[C@@H](COC3CCC(C(=O)O)CC3)N(C(=O)Cc3cc(Cl)c(NC(=O)c4csc5ccccc45)cc3F)C2)C1. The van der Waals surface area contributed by atoms with Gasteiger partial charge in [0.05, 0.1) is 53.5 Å². The van der Waals surface area contributed by atoms with Crippen molar-refractivity contribution in [1.29, 1.82) is 0 Å². The van der Waals surface area contributed by atoms with E-state index in [-0.39, 0.29) is 64.7 Å². The lowest BCUT2D eigenvalue weighted by Crippen LogP contribution is -2.41. The van der Waals surface area contributed by atoms with Crippen molar-refractivity contribution in [2.24, 2.45) is 5.92 Å². The number of aliphatic carboxylic acids is 1. The van der Waals surface area contributed by atoms with Crippen LogP contribution in [0.3, 0.4) is 0 Å². The zero-order chi connectivity index (χ0) is 32.4. The molecule has 2 aliphatic heterocycles. The minimum absolute atomic E-state index is 0.0395. The summed E-state index contributed by atoms with van der Waals surface area (Å²) in [6.07, 6.45) is 4.14. The molecule has 0 radical (unpaired) electrons. The number of benzene rings is 2. The Morgan fingerprint density at radius 1 is 1.09 bits per heavy atom. The molecule has 0 unspecified atom stereocenters. The van der Waals surface area contributed by atoms with E-state index in [1.165, 1.54) is 23.5 Å². The van der Waals surface area contributed by atoms with Crippen LogP contribution < -0.4 is 5.32 Å². The van der Waals surface area contributed by atoms with E-state index < -0.39 is 11.8 Å². The zero-order valence-corrected chi connectivity index (χ0v) is 27.3. The number of nitrogens with zero attached hydrogens (tertiary/aromatic N) is 2. The lowest BCUT2D eigenvalue weighted by Gasteiger charge is -2.30. The molecule has 6 rings (SSSR count). The predicted octanol–water partition coefficient (Wildman–Crippen LogP) is 5.84. The molecule has 3 aliphatic rings. The fourth-order valence-corrected chi connectivity index (χ4v) is 8.22. The summed E-state index contributed by atoms with van der Waals surface area (Å²) in [5.74, 6) is -2.31. The summed E-state index contributed by atoms with van der Waals surface area (Å²) in [6.45, 7) is 2.54. The highest BCUT2D eigenvalue weighted by atomic mass is 35.5. The zero-order valence-electron chi connectivity index (χ0n) is 25.8. The van der Waals surface area contributed by atoms with Crippen molar-refractivity contribution in [3.63, 3.8) is 0 Å². The summed E-state index contributed by atoms with van der Waals surface area (Å²) in [7, 11) is 1.72. The second-order valence-electron chi connectivity index (χ2n) is 12.6. The van der Waals surface area contributed by atoms with Gasteiger partial charge < -0.3 is 24.8 Å². The molecule has 2 amide bonds.